The van der Waals surface area contributed by atoms with E-state index in [2.05, 4.69) is 15.9 Å². The lowest BCUT2D eigenvalue weighted by atomic mass is 10.1. The van der Waals surface area contributed by atoms with Crippen molar-refractivity contribution in [2.24, 2.45) is 0 Å². The number of halogens is 1. The van der Waals surface area contributed by atoms with E-state index in [4.69, 9.17) is 4.74 Å². The van der Waals surface area contributed by atoms with Crippen molar-refractivity contribution in [3.05, 3.63) is 62.3 Å². The van der Waals surface area contributed by atoms with Gasteiger partial charge in [-0.25, -0.2) is 4.79 Å². The Labute approximate surface area is 153 Å². The van der Waals surface area contributed by atoms with Crippen molar-refractivity contribution in [2.45, 2.75) is 13.5 Å². The van der Waals surface area contributed by atoms with E-state index in [1.54, 1.807) is 24.5 Å². The highest BCUT2D eigenvalue weighted by Crippen LogP contribution is 2.19. The first-order valence-electron chi connectivity index (χ1n) is 7.31. The lowest BCUT2D eigenvalue weighted by molar-refractivity contribution is -0.147. The number of amides is 1. The molecule has 0 radical (unpaired) electrons. The van der Waals surface area contributed by atoms with Crippen LogP contribution in [0.1, 0.15) is 16.7 Å². The van der Waals surface area contributed by atoms with Gasteiger partial charge in [0.1, 0.15) is 0 Å². The van der Waals surface area contributed by atoms with Crippen molar-refractivity contribution in [3.63, 3.8) is 0 Å². The molecule has 0 N–H and O–H groups in total. The van der Waals surface area contributed by atoms with Crippen LogP contribution in [-0.4, -0.2) is 30.4 Å². The molecule has 0 atom stereocenters. The number of hydrogen-bond acceptors (Lipinski definition) is 4. The molecule has 4 nitrogen and oxygen atoms in total. The zero-order chi connectivity index (χ0) is 17.5. The second-order valence-corrected chi connectivity index (χ2v) is 6.98. The van der Waals surface area contributed by atoms with Crippen LogP contribution < -0.4 is 0 Å². The van der Waals surface area contributed by atoms with E-state index in [0.29, 0.717) is 6.54 Å². The van der Waals surface area contributed by atoms with E-state index in [9.17, 15) is 9.59 Å². The number of ether oxygens (including phenoxy) is 1. The predicted octanol–water partition coefficient (Wildman–Crippen LogP) is 4.03. The molecule has 126 valence electrons. The Bertz CT molecular complexity index is 741. The van der Waals surface area contributed by atoms with Gasteiger partial charge in [0.25, 0.3) is 5.91 Å². The van der Waals surface area contributed by atoms with E-state index < -0.39 is 5.97 Å². The number of aryl methyl sites for hydroxylation is 1. The number of rotatable bonds is 6. The van der Waals surface area contributed by atoms with Gasteiger partial charge in [0.15, 0.2) is 6.61 Å². The van der Waals surface area contributed by atoms with Crippen molar-refractivity contribution in [1.29, 1.82) is 0 Å². The summed E-state index contributed by atoms with van der Waals surface area (Å²) in [4.78, 5) is 25.2. The number of likely N-dealkylation sites (N-methyl/N-ethyl adjacent to an activating group) is 1. The third-order valence-electron chi connectivity index (χ3n) is 3.32. The molecule has 0 unspecified atom stereocenters. The summed E-state index contributed by atoms with van der Waals surface area (Å²) in [5, 5.41) is 3.94. The maximum atomic E-state index is 12.0. The molecule has 1 aromatic carbocycles. The Morgan fingerprint density at radius 2 is 2.12 bits per heavy atom. The molecule has 6 heteroatoms. The summed E-state index contributed by atoms with van der Waals surface area (Å²) in [6.07, 6.45) is 2.98. The minimum absolute atomic E-state index is 0.237. The Morgan fingerprint density at radius 1 is 1.33 bits per heavy atom. The Balaban J connectivity index is 1.81. The molecule has 2 aromatic rings. The molecule has 0 bridgehead atoms. The molecule has 1 amide bonds. The first-order chi connectivity index (χ1) is 11.5. The lowest BCUT2D eigenvalue weighted by Crippen LogP contribution is -2.30. The van der Waals surface area contributed by atoms with Gasteiger partial charge in [-0.2, -0.15) is 11.3 Å². The highest BCUT2D eigenvalue weighted by atomic mass is 79.9. The van der Waals surface area contributed by atoms with E-state index in [1.165, 1.54) is 11.0 Å². The van der Waals surface area contributed by atoms with Gasteiger partial charge in [0.2, 0.25) is 0 Å². The Hall–Kier alpha value is -1.92. The molecule has 0 aliphatic rings. The van der Waals surface area contributed by atoms with Crippen molar-refractivity contribution in [2.75, 3.05) is 13.7 Å². The second kappa shape index (κ2) is 8.80. The molecule has 1 aromatic heterocycles. The molecule has 0 saturated carbocycles. The summed E-state index contributed by atoms with van der Waals surface area (Å²) in [7, 11) is 1.69. The van der Waals surface area contributed by atoms with Crippen LogP contribution in [-0.2, 0) is 20.9 Å². The fraction of sp³-hybridized carbons (Fsp3) is 0.222. The van der Waals surface area contributed by atoms with E-state index in [1.807, 2.05) is 41.9 Å². The molecular formula is C18H18BrNO3S. The predicted molar refractivity (Wildman–Crippen MR) is 99.7 cm³/mol. The fourth-order valence-electron chi connectivity index (χ4n) is 1.96. The second-order valence-electron chi connectivity index (χ2n) is 5.35. The summed E-state index contributed by atoms with van der Waals surface area (Å²) < 4.78 is 5.90. The van der Waals surface area contributed by atoms with Crippen LogP contribution in [0.5, 0.6) is 0 Å². The third-order valence-corrected chi connectivity index (χ3v) is 4.74. The van der Waals surface area contributed by atoms with Gasteiger partial charge in [-0.05, 0) is 52.6 Å². The number of benzene rings is 1. The highest BCUT2D eigenvalue weighted by molar-refractivity contribution is 9.10. The molecular weight excluding hydrogens is 390 g/mol. The minimum Gasteiger partial charge on any atom is -0.452 e. The topological polar surface area (TPSA) is 46.6 Å². The van der Waals surface area contributed by atoms with E-state index in [0.717, 1.165) is 21.2 Å². The molecule has 0 saturated heterocycles. The van der Waals surface area contributed by atoms with E-state index in [-0.39, 0.29) is 12.5 Å². The zero-order valence-electron chi connectivity index (χ0n) is 13.5. The van der Waals surface area contributed by atoms with Gasteiger partial charge in [-0.3, -0.25) is 4.79 Å². The number of carbonyl (C=O) groups excluding carboxylic acids is 2. The summed E-state index contributed by atoms with van der Waals surface area (Å²) in [6, 6.07) is 7.79. The molecule has 1 heterocycles. The average molecular weight is 408 g/mol. The van der Waals surface area contributed by atoms with Gasteiger partial charge in [-0.1, -0.05) is 28.1 Å². The number of carbonyl (C=O) groups is 2. The summed E-state index contributed by atoms with van der Waals surface area (Å²) in [6.45, 7) is 2.23. The Kier molecular flexibility index (Phi) is 6.75. The quantitative estimate of drug-likeness (QED) is 0.536. The van der Waals surface area contributed by atoms with Gasteiger partial charge in [0.05, 0.1) is 0 Å². The lowest BCUT2D eigenvalue weighted by Gasteiger charge is -2.15. The average Bonchev–Trinajstić information content (AvgIpc) is 3.04. The van der Waals surface area contributed by atoms with Crippen LogP contribution in [0, 0.1) is 6.92 Å². The summed E-state index contributed by atoms with van der Waals surface area (Å²) in [5.74, 6) is -0.778. The van der Waals surface area contributed by atoms with Crippen LogP contribution in [0.3, 0.4) is 0 Å². The zero-order valence-corrected chi connectivity index (χ0v) is 15.9. The van der Waals surface area contributed by atoms with Crippen molar-refractivity contribution in [1.82, 2.24) is 4.90 Å². The van der Waals surface area contributed by atoms with Crippen LogP contribution >= 0.6 is 27.3 Å². The summed E-state index contributed by atoms with van der Waals surface area (Å²) in [5.41, 5.74) is 3.06. The first kappa shape index (κ1) is 18.4. The molecule has 0 fully saturated rings. The number of hydrogen-bond donors (Lipinski definition) is 0. The first-order valence-corrected chi connectivity index (χ1v) is 9.05. The van der Waals surface area contributed by atoms with Gasteiger partial charge in [-0.15, -0.1) is 0 Å². The van der Waals surface area contributed by atoms with Crippen LogP contribution in [0.25, 0.3) is 6.08 Å². The van der Waals surface area contributed by atoms with Gasteiger partial charge < -0.3 is 9.64 Å². The number of thiophene rings is 1. The number of esters is 1. The maximum absolute atomic E-state index is 12.0. The van der Waals surface area contributed by atoms with Crippen LogP contribution in [0.15, 0.2) is 45.6 Å². The van der Waals surface area contributed by atoms with Crippen molar-refractivity contribution < 1.29 is 14.3 Å². The van der Waals surface area contributed by atoms with Crippen LogP contribution in [0.2, 0.25) is 0 Å². The van der Waals surface area contributed by atoms with Crippen LogP contribution in [0.4, 0.5) is 0 Å². The van der Waals surface area contributed by atoms with Gasteiger partial charge >= 0.3 is 5.97 Å². The molecule has 0 aliphatic carbocycles. The largest absolute Gasteiger partial charge is 0.452 e. The third kappa shape index (κ3) is 5.62. The van der Waals surface area contributed by atoms with Crippen molar-refractivity contribution in [3.8, 4) is 0 Å². The van der Waals surface area contributed by atoms with E-state index >= 15 is 0 Å². The maximum Gasteiger partial charge on any atom is 0.331 e. The number of nitrogens with zero attached hydrogens (tertiary/aromatic N) is 1. The van der Waals surface area contributed by atoms with Crippen molar-refractivity contribution >= 4 is 45.2 Å². The normalized spacial score (nSPS) is 10.8. The molecule has 0 aliphatic heterocycles. The monoisotopic (exact) mass is 407 g/mol. The molecule has 2 rings (SSSR count). The molecule has 0 spiro atoms. The SMILES string of the molecule is Cc1ccc(/C=C/C(=O)OCC(=O)N(C)Cc2ccsc2)c(Br)c1. The minimum atomic E-state index is -0.542. The molecule has 24 heavy (non-hydrogen) atoms. The standard InChI is InChI=1S/C18H18BrNO3S/c1-13-3-4-15(16(19)9-13)5-6-18(22)23-11-17(21)20(2)10-14-7-8-24-12-14/h3-9,12H,10-11H2,1-2H3/b6-5+. The van der Waals surface area contributed by atoms with Gasteiger partial charge in [0, 0.05) is 24.1 Å². The fourth-order valence-corrected chi connectivity index (χ4v) is 3.25. The summed E-state index contributed by atoms with van der Waals surface area (Å²) >= 11 is 5.03. The highest BCUT2D eigenvalue weighted by Gasteiger charge is 2.11. The smallest absolute Gasteiger partial charge is 0.331 e. The Morgan fingerprint density at radius 3 is 2.79 bits per heavy atom.